The lowest BCUT2D eigenvalue weighted by atomic mass is 9.82. The second kappa shape index (κ2) is 12.6. The Morgan fingerprint density at radius 1 is 0.795 bits per heavy atom. The second-order valence-corrected chi connectivity index (χ2v) is 14.4. The van der Waals surface area contributed by atoms with E-state index in [9.17, 15) is 24.0 Å². The van der Waals surface area contributed by atoms with Gasteiger partial charge in [0.15, 0.2) is 0 Å². The molecule has 14 heteroatoms. The first-order valence-electron chi connectivity index (χ1n) is 13.4. The van der Waals surface area contributed by atoms with Crippen LogP contribution in [0.15, 0.2) is 43.4 Å². The van der Waals surface area contributed by atoms with Crippen molar-refractivity contribution in [3.63, 3.8) is 0 Å². The van der Waals surface area contributed by atoms with Gasteiger partial charge in [0.05, 0.1) is 52.3 Å². The zero-order valence-electron chi connectivity index (χ0n) is 25.8. The van der Waals surface area contributed by atoms with E-state index in [4.69, 9.17) is 23.7 Å². The fourth-order valence-electron chi connectivity index (χ4n) is 5.36. The van der Waals surface area contributed by atoms with Gasteiger partial charge in [-0.15, -0.1) is 0 Å². The molecule has 1 amide bonds. The summed E-state index contributed by atoms with van der Waals surface area (Å²) in [7, 11) is 6.17. The largest absolute Gasteiger partial charge is 0.495 e. The first-order chi connectivity index (χ1) is 20.7. The number of ether oxygens (including phenoxy) is 5. The summed E-state index contributed by atoms with van der Waals surface area (Å²) in [6.45, 7) is 7.53. The van der Waals surface area contributed by atoms with Crippen LogP contribution in [-0.4, -0.2) is 75.0 Å². The highest BCUT2D eigenvalue weighted by Crippen LogP contribution is 2.71. The Bertz CT molecular complexity index is 1530. The lowest BCUT2D eigenvalue weighted by Crippen LogP contribution is -2.54. The number of rotatable bonds is 7. The van der Waals surface area contributed by atoms with Crippen molar-refractivity contribution in [2.24, 2.45) is 5.92 Å². The normalized spacial score (nSPS) is 18.2. The molecule has 0 unspecified atom stereocenters. The molecule has 0 fully saturated rings. The number of para-hydroxylation sites is 1. The Labute approximate surface area is 268 Å². The van der Waals surface area contributed by atoms with Crippen molar-refractivity contribution in [2.45, 2.75) is 43.7 Å². The van der Waals surface area contributed by atoms with Gasteiger partial charge >= 0.3 is 23.9 Å². The van der Waals surface area contributed by atoms with Crippen LogP contribution in [0.2, 0.25) is 0 Å². The number of carbonyl (C=O) groups is 5. The molecule has 1 spiro atoms. The number of benzene rings is 1. The molecule has 0 aliphatic carbocycles. The number of amides is 1. The molecule has 1 aromatic carbocycles. The molecule has 1 aromatic rings. The van der Waals surface area contributed by atoms with E-state index in [0.29, 0.717) is 27.5 Å². The minimum atomic E-state index is -1.66. The van der Waals surface area contributed by atoms with Gasteiger partial charge in [-0.1, -0.05) is 61.3 Å². The quantitative estimate of drug-likeness (QED) is 0.296. The smallest absolute Gasteiger partial charge is 0.345 e. The fraction of sp³-hybridized carbons (Fsp3) is 0.433. The van der Waals surface area contributed by atoms with Crippen LogP contribution in [0.3, 0.4) is 0 Å². The molecule has 44 heavy (non-hydrogen) atoms. The number of hydrogen-bond donors (Lipinski definition) is 0. The third kappa shape index (κ3) is 5.20. The van der Waals surface area contributed by atoms with Gasteiger partial charge in [-0.25, -0.2) is 19.2 Å². The molecule has 0 N–H and O–H groups in total. The van der Waals surface area contributed by atoms with Crippen LogP contribution in [0.4, 0.5) is 5.69 Å². The number of esters is 4. The molecular formula is C30H33NO10S3. The Balaban J connectivity index is 2.19. The standard InChI is InChI=1S/C30H33NO10S3/c1-14(2)13-17(32)31-20-15(11-10-12-16(20)37-5)18-24(29(31,3)4)42-21(26(34)39-7)19(25(33)38-6)30(18)43-22(27(35)40-8)23(44-30)28(36)41-9/h10-12,14H,13H2,1-9H3. The van der Waals surface area contributed by atoms with E-state index in [1.807, 2.05) is 27.7 Å². The number of methoxy groups -OCH3 is 5. The summed E-state index contributed by atoms with van der Waals surface area (Å²) in [5, 5.41) is 0. The number of thioether (sulfide) groups is 3. The van der Waals surface area contributed by atoms with Gasteiger partial charge in [-0.2, -0.15) is 0 Å². The zero-order valence-corrected chi connectivity index (χ0v) is 28.2. The van der Waals surface area contributed by atoms with Crippen molar-refractivity contribution >= 4 is 76.3 Å². The van der Waals surface area contributed by atoms with Crippen LogP contribution in [0.1, 0.15) is 39.7 Å². The minimum Gasteiger partial charge on any atom is -0.495 e. The van der Waals surface area contributed by atoms with Crippen LogP contribution in [0.5, 0.6) is 5.75 Å². The molecule has 0 aromatic heterocycles. The van der Waals surface area contributed by atoms with Crippen molar-refractivity contribution in [1.82, 2.24) is 0 Å². The summed E-state index contributed by atoms with van der Waals surface area (Å²) in [6.07, 6.45) is 0.219. The molecule has 11 nitrogen and oxygen atoms in total. The molecule has 3 heterocycles. The summed E-state index contributed by atoms with van der Waals surface area (Å²) < 4.78 is 24.5. The molecule has 3 aliphatic heterocycles. The minimum absolute atomic E-state index is 0.0315. The van der Waals surface area contributed by atoms with E-state index in [1.54, 1.807) is 23.1 Å². The highest BCUT2D eigenvalue weighted by Gasteiger charge is 2.62. The topological polar surface area (TPSA) is 135 Å². The number of hydrogen-bond acceptors (Lipinski definition) is 13. The van der Waals surface area contributed by atoms with Crippen LogP contribution in [-0.2, 0) is 42.9 Å². The van der Waals surface area contributed by atoms with E-state index in [1.165, 1.54) is 35.5 Å². The summed E-state index contributed by atoms with van der Waals surface area (Å²) in [5.41, 5.74) is 0.171. The first-order valence-corrected chi connectivity index (χ1v) is 15.8. The van der Waals surface area contributed by atoms with Gasteiger partial charge in [-0.3, -0.25) is 9.69 Å². The predicted octanol–water partition coefficient (Wildman–Crippen LogP) is 4.66. The van der Waals surface area contributed by atoms with E-state index < -0.39 is 33.5 Å². The Morgan fingerprint density at radius 2 is 1.32 bits per heavy atom. The zero-order chi connectivity index (χ0) is 32.7. The fourth-order valence-corrected chi connectivity index (χ4v) is 10.4. The predicted molar refractivity (Wildman–Crippen MR) is 169 cm³/mol. The lowest BCUT2D eigenvalue weighted by molar-refractivity contribution is -0.138. The van der Waals surface area contributed by atoms with Crippen LogP contribution >= 0.6 is 35.3 Å². The molecule has 3 aliphatic rings. The Hall–Kier alpha value is -3.36. The van der Waals surface area contributed by atoms with E-state index >= 15 is 0 Å². The number of fused-ring (bicyclic) bond motifs is 3. The van der Waals surface area contributed by atoms with Crippen LogP contribution in [0, 0.1) is 5.92 Å². The van der Waals surface area contributed by atoms with Crippen LogP contribution in [0.25, 0.3) is 5.57 Å². The Morgan fingerprint density at radius 3 is 1.80 bits per heavy atom. The van der Waals surface area contributed by atoms with Crippen molar-refractivity contribution in [3.05, 3.63) is 49.0 Å². The van der Waals surface area contributed by atoms with Crippen molar-refractivity contribution in [3.8, 4) is 5.75 Å². The molecule has 0 atom stereocenters. The number of anilines is 1. The first kappa shape index (κ1) is 33.5. The maximum atomic E-state index is 14.0. The maximum absolute atomic E-state index is 14.0. The summed E-state index contributed by atoms with van der Waals surface area (Å²) in [4.78, 5) is 69.3. The van der Waals surface area contributed by atoms with E-state index in [0.717, 1.165) is 35.3 Å². The van der Waals surface area contributed by atoms with Gasteiger partial charge in [0.1, 0.15) is 24.5 Å². The van der Waals surface area contributed by atoms with Gasteiger partial charge in [0.25, 0.3) is 0 Å². The summed E-state index contributed by atoms with van der Waals surface area (Å²) in [6, 6.07) is 5.23. The van der Waals surface area contributed by atoms with Crippen molar-refractivity contribution in [2.75, 3.05) is 40.4 Å². The SMILES string of the molecule is COC(=O)C1=C(C(=O)OC)SC2(S1)C(C(=O)OC)=C(C(=O)OC)SC1=C2c2cccc(OC)c2N(C(=O)CC(C)C)C1(C)C. The van der Waals surface area contributed by atoms with Gasteiger partial charge < -0.3 is 23.7 Å². The average molecular weight is 664 g/mol. The average Bonchev–Trinajstić information content (AvgIpc) is 3.38. The maximum Gasteiger partial charge on any atom is 0.345 e. The van der Waals surface area contributed by atoms with E-state index in [-0.39, 0.29) is 38.5 Å². The monoisotopic (exact) mass is 663 g/mol. The highest BCUT2D eigenvalue weighted by molar-refractivity contribution is 8.26. The third-order valence-electron chi connectivity index (χ3n) is 7.18. The lowest BCUT2D eigenvalue weighted by Gasteiger charge is -2.51. The number of carbonyl (C=O) groups excluding carboxylic acids is 5. The molecule has 0 saturated heterocycles. The summed E-state index contributed by atoms with van der Waals surface area (Å²) in [5.74, 6) is -3.14. The second-order valence-electron chi connectivity index (χ2n) is 10.7. The van der Waals surface area contributed by atoms with Gasteiger partial charge in [-0.05, 0) is 25.8 Å². The van der Waals surface area contributed by atoms with Crippen LogP contribution < -0.4 is 9.64 Å². The van der Waals surface area contributed by atoms with Crippen molar-refractivity contribution in [1.29, 1.82) is 0 Å². The summed E-state index contributed by atoms with van der Waals surface area (Å²) >= 11 is 2.73. The Kier molecular flexibility index (Phi) is 9.57. The van der Waals surface area contributed by atoms with Gasteiger partial charge in [0, 0.05) is 22.5 Å². The highest BCUT2D eigenvalue weighted by atomic mass is 32.2. The molecule has 0 saturated carbocycles. The third-order valence-corrected chi connectivity index (χ3v) is 11.8. The van der Waals surface area contributed by atoms with E-state index in [2.05, 4.69) is 0 Å². The molecular weight excluding hydrogens is 631 g/mol. The molecule has 236 valence electrons. The van der Waals surface area contributed by atoms with Gasteiger partial charge in [0.2, 0.25) is 5.91 Å². The molecule has 0 radical (unpaired) electrons. The molecule has 0 bridgehead atoms. The number of nitrogens with zero attached hydrogens (tertiary/aromatic N) is 1. The van der Waals surface area contributed by atoms with Crippen molar-refractivity contribution < 1.29 is 47.7 Å². The molecule has 4 rings (SSSR count).